The zero-order valence-electron chi connectivity index (χ0n) is 8.20. The Kier molecular flexibility index (Phi) is 3.54. The Morgan fingerprint density at radius 1 is 1.54 bits per heavy atom. The van der Waals surface area contributed by atoms with Crippen molar-refractivity contribution in [2.24, 2.45) is 23.3 Å². The van der Waals surface area contributed by atoms with Gasteiger partial charge in [0.1, 0.15) is 0 Å². The molecule has 4 nitrogen and oxygen atoms in total. The molecule has 1 saturated heterocycles. The number of urea groups is 1. The number of hydrogen-bond acceptors (Lipinski definition) is 2. The van der Waals surface area contributed by atoms with Crippen LogP contribution in [-0.2, 0) is 0 Å². The number of rotatable bonds is 2. The van der Waals surface area contributed by atoms with Gasteiger partial charge >= 0.3 is 6.03 Å². The molecule has 1 heterocycles. The Morgan fingerprint density at radius 3 is 2.46 bits per heavy atom. The number of piperidine rings is 1. The minimum atomic E-state index is -0.293. The number of nitrogens with zero attached hydrogens (tertiary/aromatic N) is 1. The minimum Gasteiger partial charge on any atom is -0.351 e. The molecule has 1 rings (SSSR count). The van der Waals surface area contributed by atoms with Gasteiger partial charge in [0.25, 0.3) is 0 Å². The summed E-state index contributed by atoms with van der Waals surface area (Å²) in [6, 6.07) is -0.293. The Labute approximate surface area is 79.3 Å². The summed E-state index contributed by atoms with van der Waals surface area (Å²) in [5, 5.41) is 0. The van der Waals surface area contributed by atoms with Crippen LogP contribution >= 0.6 is 0 Å². The van der Waals surface area contributed by atoms with Crippen LogP contribution in [0, 0.1) is 11.8 Å². The SMILES string of the molecule is CC(CN)C1CCN(C(N)=O)CC1. The van der Waals surface area contributed by atoms with Gasteiger partial charge in [-0.1, -0.05) is 6.92 Å². The van der Waals surface area contributed by atoms with Crippen LogP contribution in [0.25, 0.3) is 0 Å². The van der Waals surface area contributed by atoms with E-state index >= 15 is 0 Å². The lowest BCUT2D eigenvalue weighted by atomic mass is 9.85. The highest BCUT2D eigenvalue weighted by Crippen LogP contribution is 2.23. The average Bonchev–Trinajstić information content (AvgIpc) is 2.17. The van der Waals surface area contributed by atoms with Gasteiger partial charge < -0.3 is 16.4 Å². The van der Waals surface area contributed by atoms with E-state index in [1.165, 1.54) is 0 Å². The van der Waals surface area contributed by atoms with Crippen molar-refractivity contribution in [2.45, 2.75) is 19.8 Å². The fourth-order valence-electron chi connectivity index (χ4n) is 1.88. The Morgan fingerprint density at radius 2 is 2.08 bits per heavy atom. The summed E-state index contributed by atoms with van der Waals surface area (Å²) in [6.45, 7) is 4.50. The topological polar surface area (TPSA) is 72.3 Å². The van der Waals surface area contributed by atoms with E-state index in [1.54, 1.807) is 4.90 Å². The fourth-order valence-corrected chi connectivity index (χ4v) is 1.88. The summed E-state index contributed by atoms with van der Waals surface area (Å²) in [7, 11) is 0. The first-order valence-electron chi connectivity index (χ1n) is 4.89. The van der Waals surface area contributed by atoms with Gasteiger partial charge in [0.15, 0.2) is 0 Å². The molecule has 1 fully saturated rings. The Balaban J connectivity index is 2.34. The summed E-state index contributed by atoms with van der Waals surface area (Å²) in [5.74, 6) is 1.23. The number of likely N-dealkylation sites (tertiary alicyclic amines) is 1. The van der Waals surface area contributed by atoms with Crippen molar-refractivity contribution in [3.63, 3.8) is 0 Å². The zero-order valence-corrected chi connectivity index (χ0v) is 8.20. The predicted molar refractivity (Wildman–Crippen MR) is 52.1 cm³/mol. The summed E-state index contributed by atoms with van der Waals surface area (Å²) >= 11 is 0. The lowest BCUT2D eigenvalue weighted by molar-refractivity contribution is 0.161. The van der Waals surface area contributed by atoms with E-state index in [0.29, 0.717) is 11.8 Å². The third-order valence-electron chi connectivity index (χ3n) is 3.03. The minimum absolute atomic E-state index is 0.293. The van der Waals surface area contributed by atoms with Gasteiger partial charge in [-0.05, 0) is 31.2 Å². The summed E-state index contributed by atoms with van der Waals surface area (Å²) in [5.41, 5.74) is 10.8. The van der Waals surface area contributed by atoms with E-state index in [4.69, 9.17) is 11.5 Å². The molecule has 4 heteroatoms. The van der Waals surface area contributed by atoms with E-state index in [2.05, 4.69) is 6.92 Å². The third kappa shape index (κ3) is 2.59. The Hall–Kier alpha value is -0.770. The Bertz CT molecular complexity index is 176. The van der Waals surface area contributed by atoms with Gasteiger partial charge in [0.05, 0.1) is 0 Å². The van der Waals surface area contributed by atoms with Crippen LogP contribution < -0.4 is 11.5 Å². The van der Waals surface area contributed by atoms with Crippen molar-refractivity contribution in [1.82, 2.24) is 4.90 Å². The molecular weight excluding hydrogens is 166 g/mol. The van der Waals surface area contributed by atoms with E-state index in [0.717, 1.165) is 32.5 Å². The second-order valence-corrected chi connectivity index (χ2v) is 3.88. The summed E-state index contributed by atoms with van der Waals surface area (Å²) in [4.78, 5) is 12.5. The molecule has 0 radical (unpaired) electrons. The van der Waals surface area contributed by atoms with Gasteiger partial charge in [-0.3, -0.25) is 0 Å². The summed E-state index contributed by atoms with van der Waals surface area (Å²) < 4.78 is 0. The molecule has 0 aromatic carbocycles. The van der Waals surface area contributed by atoms with Crippen LogP contribution in [-0.4, -0.2) is 30.6 Å². The standard InChI is InChI=1S/C9H19N3O/c1-7(6-10)8-2-4-12(5-3-8)9(11)13/h7-8H,2-6,10H2,1H3,(H2,11,13). The normalized spacial score (nSPS) is 21.5. The van der Waals surface area contributed by atoms with Crippen molar-refractivity contribution in [3.05, 3.63) is 0 Å². The van der Waals surface area contributed by atoms with Crippen molar-refractivity contribution in [1.29, 1.82) is 0 Å². The maximum absolute atomic E-state index is 10.8. The van der Waals surface area contributed by atoms with Crippen molar-refractivity contribution in [3.8, 4) is 0 Å². The molecule has 1 aliphatic heterocycles. The van der Waals surface area contributed by atoms with Crippen LogP contribution in [0.1, 0.15) is 19.8 Å². The van der Waals surface area contributed by atoms with Crippen LogP contribution in [0.4, 0.5) is 4.79 Å². The number of carbonyl (C=O) groups excluding carboxylic acids is 1. The highest BCUT2D eigenvalue weighted by atomic mass is 16.2. The molecule has 1 aliphatic rings. The molecule has 0 aromatic rings. The molecule has 4 N–H and O–H groups in total. The number of carbonyl (C=O) groups is 1. The summed E-state index contributed by atoms with van der Waals surface area (Å²) in [6.07, 6.45) is 2.09. The number of nitrogens with two attached hydrogens (primary N) is 2. The molecule has 0 aliphatic carbocycles. The van der Waals surface area contributed by atoms with E-state index in [1.807, 2.05) is 0 Å². The second kappa shape index (κ2) is 4.46. The molecular formula is C9H19N3O. The van der Waals surface area contributed by atoms with Crippen LogP contribution in [0.3, 0.4) is 0 Å². The molecule has 13 heavy (non-hydrogen) atoms. The second-order valence-electron chi connectivity index (χ2n) is 3.88. The monoisotopic (exact) mass is 185 g/mol. The fraction of sp³-hybridized carbons (Fsp3) is 0.889. The lowest BCUT2D eigenvalue weighted by Gasteiger charge is -2.33. The van der Waals surface area contributed by atoms with Crippen LogP contribution in [0.5, 0.6) is 0 Å². The van der Waals surface area contributed by atoms with E-state index in [-0.39, 0.29) is 6.03 Å². The van der Waals surface area contributed by atoms with E-state index < -0.39 is 0 Å². The average molecular weight is 185 g/mol. The number of amides is 2. The van der Waals surface area contributed by atoms with E-state index in [9.17, 15) is 4.79 Å². The van der Waals surface area contributed by atoms with Gasteiger partial charge in [-0.15, -0.1) is 0 Å². The maximum atomic E-state index is 10.8. The zero-order chi connectivity index (χ0) is 9.84. The molecule has 0 spiro atoms. The number of hydrogen-bond donors (Lipinski definition) is 2. The van der Waals surface area contributed by atoms with Crippen LogP contribution in [0.2, 0.25) is 0 Å². The van der Waals surface area contributed by atoms with Crippen molar-refractivity contribution < 1.29 is 4.79 Å². The lowest BCUT2D eigenvalue weighted by Crippen LogP contribution is -2.43. The largest absolute Gasteiger partial charge is 0.351 e. The van der Waals surface area contributed by atoms with Gasteiger partial charge in [-0.25, -0.2) is 4.79 Å². The van der Waals surface area contributed by atoms with Crippen molar-refractivity contribution in [2.75, 3.05) is 19.6 Å². The van der Waals surface area contributed by atoms with Crippen molar-refractivity contribution >= 4 is 6.03 Å². The first-order valence-corrected chi connectivity index (χ1v) is 4.89. The van der Waals surface area contributed by atoms with Gasteiger partial charge in [-0.2, -0.15) is 0 Å². The molecule has 1 atom stereocenters. The highest BCUT2D eigenvalue weighted by molar-refractivity contribution is 5.72. The molecule has 0 saturated carbocycles. The third-order valence-corrected chi connectivity index (χ3v) is 3.03. The van der Waals surface area contributed by atoms with Gasteiger partial charge in [0.2, 0.25) is 0 Å². The number of primary amides is 1. The maximum Gasteiger partial charge on any atom is 0.314 e. The van der Waals surface area contributed by atoms with Gasteiger partial charge in [0, 0.05) is 13.1 Å². The predicted octanol–water partition coefficient (Wildman–Crippen LogP) is 0.372. The van der Waals surface area contributed by atoms with Crippen LogP contribution in [0.15, 0.2) is 0 Å². The first-order chi connectivity index (χ1) is 6.15. The highest BCUT2D eigenvalue weighted by Gasteiger charge is 2.24. The molecule has 0 bridgehead atoms. The smallest absolute Gasteiger partial charge is 0.314 e. The molecule has 2 amide bonds. The molecule has 0 aromatic heterocycles. The molecule has 1 unspecified atom stereocenters. The molecule has 76 valence electrons. The first kappa shape index (κ1) is 10.3. The quantitative estimate of drug-likeness (QED) is 0.652.